The lowest BCUT2D eigenvalue weighted by Crippen LogP contribution is -2.26. The van der Waals surface area contributed by atoms with Crippen molar-refractivity contribution in [2.45, 2.75) is 12.3 Å². The van der Waals surface area contributed by atoms with Crippen molar-refractivity contribution in [2.24, 2.45) is 5.92 Å². The molecule has 1 aliphatic rings. The van der Waals surface area contributed by atoms with Crippen molar-refractivity contribution in [3.05, 3.63) is 58.5 Å². The van der Waals surface area contributed by atoms with E-state index in [-0.39, 0.29) is 5.91 Å². The topological polar surface area (TPSA) is 72.7 Å². The molecular weight excluding hydrogens is 310 g/mol. The number of tetrazole rings is 1. The Labute approximate surface area is 137 Å². The van der Waals surface area contributed by atoms with E-state index in [1.54, 1.807) is 0 Å². The third-order valence-electron chi connectivity index (χ3n) is 4.12. The van der Waals surface area contributed by atoms with Crippen LogP contribution in [-0.4, -0.2) is 32.7 Å². The van der Waals surface area contributed by atoms with Crippen molar-refractivity contribution >= 4 is 17.2 Å². The van der Waals surface area contributed by atoms with Crippen LogP contribution >= 0.6 is 11.3 Å². The second kappa shape index (κ2) is 5.92. The number of nitrogens with one attached hydrogen (secondary N) is 1. The van der Waals surface area contributed by atoms with Crippen LogP contribution in [0.15, 0.2) is 48.1 Å². The van der Waals surface area contributed by atoms with Crippen LogP contribution in [0, 0.1) is 5.92 Å². The molecule has 0 bridgehead atoms. The predicted molar refractivity (Wildman–Crippen MR) is 86.7 cm³/mol. The van der Waals surface area contributed by atoms with E-state index < -0.39 is 0 Å². The molecule has 4 rings (SSSR count). The van der Waals surface area contributed by atoms with Crippen molar-refractivity contribution in [3.8, 4) is 5.69 Å². The van der Waals surface area contributed by atoms with Crippen molar-refractivity contribution in [2.75, 3.05) is 6.54 Å². The SMILES string of the molecule is O=C(NCC1CC1c1ccccc1)c1sccc1-n1cnnn1. The first-order valence-electron chi connectivity index (χ1n) is 7.47. The Morgan fingerprint density at radius 3 is 2.96 bits per heavy atom. The average Bonchev–Trinajstić information content (AvgIpc) is 2.99. The lowest BCUT2D eigenvalue weighted by atomic mass is 10.1. The number of benzene rings is 1. The van der Waals surface area contributed by atoms with Gasteiger partial charge in [-0.3, -0.25) is 4.79 Å². The summed E-state index contributed by atoms with van der Waals surface area (Å²) in [5.74, 6) is 1.03. The minimum atomic E-state index is -0.0655. The van der Waals surface area contributed by atoms with E-state index in [9.17, 15) is 4.79 Å². The van der Waals surface area contributed by atoms with E-state index >= 15 is 0 Å². The van der Waals surface area contributed by atoms with Gasteiger partial charge >= 0.3 is 0 Å². The molecule has 3 aromatic rings. The smallest absolute Gasteiger partial charge is 0.263 e. The Balaban J connectivity index is 1.38. The zero-order valence-electron chi connectivity index (χ0n) is 12.3. The number of carbonyl (C=O) groups excluding carboxylic acids is 1. The molecule has 7 heteroatoms. The number of hydrogen-bond acceptors (Lipinski definition) is 5. The minimum absolute atomic E-state index is 0.0655. The highest BCUT2D eigenvalue weighted by Gasteiger charge is 2.38. The van der Waals surface area contributed by atoms with Crippen LogP contribution < -0.4 is 5.32 Å². The molecule has 0 saturated heterocycles. The summed E-state index contributed by atoms with van der Waals surface area (Å²) in [4.78, 5) is 13.0. The number of aromatic nitrogens is 4. The largest absolute Gasteiger partial charge is 0.351 e. The maximum absolute atomic E-state index is 12.4. The molecule has 1 saturated carbocycles. The third-order valence-corrected chi connectivity index (χ3v) is 5.02. The second-order valence-electron chi connectivity index (χ2n) is 5.61. The number of carbonyl (C=O) groups is 1. The van der Waals surface area contributed by atoms with E-state index in [1.165, 1.54) is 27.9 Å². The Morgan fingerprint density at radius 1 is 1.30 bits per heavy atom. The van der Waals surface area contributed by atoms with Gasteiger partial charge in [-0.1, -0.05) is 30.3 Å². The van der Waals surface area contributed by atoms with Gasteiger partial charge in [0.05, 0.1) is 5.69 Å². The van der Waals surface area contributed by atoms with Crippen molar-refractivity contribution in [1.82, 2.24) is 25.5 Å². The van der Waals surface area contributed by atoms with E-state index in [0.717, 1.165) is 6.42 Å². The summed E-state index contributed by atoms with van der Waals surface area (Å²) in [5, 5.41) is 16.0. The van der Waals surface area contributed by atoms with Crippen LogP contribution in [0.4, 0.5) is 0 Å². The fraction of sp³-hybridized carbons (Fsp3) is 0.250. The summed E-state index contributed by atoms with van der Waals surface area (Å²) < 4.78 is 1.51. The second-order valence-corrected chi connectivity index (χ2v) is 6.53. The average molecular weight is 325 g/mol. The first-order valence-corrected chi connectivity index (χ1v) is 8.35. The molecule has 0 aliphatic heterocycles. The zero-order chi connectivity index (χ0) is 15.6. The molecule has 1 aliphatic carbocycles. The van der Waals surface area contributed by atoms with Crippen LogP contribution in [0.25, 0.3) is 5.69 Å². The quantitative estimate of drug-likeness (QED) is 0.781. The molecule has 1 fully saturated rings. The molecule has 2 aromatic heterocycles. The number of amides is 1. The van der Waals surface area contributed by atoms with Crippen LogP contribution in [0.1, 0.15) is 27.6 Å². The van der Waals surface area contributed by atoms with Crippen molar-refractivity contribution in [1.29, 1.82) is 0 Å². The van der Waals surface area contributed by atoms with Gasteiger partial charge in [0.25, 0.3) is 5.91 Å². The molecule has 2 atom stereocenters. The Morgan fingerprint density at radius 2 is 2.17 bits per heavy atom. The number of thiophene rings is 1. The molecule has 116 valence electrons. The van der Waals surface area contributed by atoms with Crippen LogP contribution in [0.5, 0.6) is 0 Å². The van der Waals surface area contributed by atoms with Gasteiger partial charge in [-0.05, 0) is 45.7 Å². The van der Waals surface area contributed by atoms with E-state index in [0.29, 0.717) is 28.9 Å². The fourth-order valence-electron chi connectivity index (χ4n) is 2.81. The highest BCUT2D eigenvalue weighted by Crippen LogP contribution is 2.46. The summed E-state index contributed by atoms with van der Waals surface area (Å²) >= 11 is 1.40. The molecule has 2 unspecified atom stereocenters. The predicted octanol–water partition coefficient (Wildman–Crippen LogP) is 2.26. The van der Waals surface area contributed by atoms with Crippen LogP contribution in [-0.2, 0) is 0 Å². The van der Waals surface area contributed by atoms with Gasteiger partial charge in [0.2, 0.25) is 0 Å². The van der Waals surface area contributed by atoms with Gasteiger partial charge in [0, 0.05) is 6.54 Å². The van der Waals surface area contributed by atoms with E-state index in [4.69, 9.17) is 0 Å². The third kappa shape index (κ3) is 2.87. The summed E-state index contributed by atoms with van der Waals surface area (Å²) in [6, 6.07) is 12.3. The molecule has 1 aromatic carbocycles. The first kappa shape index (κ1) is 14.1. The van der Waals surface area contributed by atoms with Crippen molar-refractivity contribution < 1.29 is 4.79 Å². The summed E-state index contributed by atoms with van der Waals surface area (Å²) in [5.41, 5.74) is 2.07. The standard InChI is InChI=1S/C16H15N5OS/c22-16(15-14(6-7-23-15)21-10-18-19-20-21)17-9-12-8-13(12)11-4-2-1-3-5-11/h1-7,10,12-13H,8-9H2,(H,17,22). The molecule has 0 radical (unpaired) electrons. The summed E-state index contributed by atoms with van der Waals surface area (Å²) in [6.45, 7) is 0.700. The van der Waals surface area contributed by atoms with Crippen LogP contribution in [0.2, 0.25) is 0 Å². The van der Waals surface area contributed by atoms with E-state index in [2.05, 4.69) is 45.1 Å². The number of rotatable bonds is 5. The molecular formula is C16H15N5OS. The van der Waals surface area contributed by atoms with Gasteiger partial charge in [0.1, 0.15) is 11.2 Å². The first-order chi connectivity index (χ1) is 11.3. The highest BCUT2D eigenvalue weighted by atomic mass is 32.1. The fourth-order valence-corrected chi connectivity index (χ4v) is 3.60. The Hall–Kier alpha value is -2.54. The molecule has 1 amide bonds. The zero-order valence-corrected chi connectivity index (χ0v) is 13.1. The van der Waals surface area contributed by atoms with Crippen LogP contribution in [0.3, 0.4) is 0 Å². The molecule has 2 heterocycles. The lowest BCUT2D eigenvalue weighted by molar-refractivity contribution is 0.0955. The van der Waals surface area contributed by atoms with Gasteiger partial charge in [-0.25, -0.2) is 0 Å². The molecule has 1 N–H and O–H groups in total. The summed E-state index contributed by atoms with van der Waals surface area (Å²) in [7, 11) is 0. The minimum Gasteiger partial charge on any atom is -0.351 e. The van der Waals surface area contributed by atoms with Gasteiger partial charge in [0.15, 0.2) is 0 Å². The Bertz CT molecular complexity index is 799. The molecule has 23 heavy (non-hydrogen) atoms. The van der Waals surface area contributed by atoms with Gasteiger partial charge in [-0.15, -0.1) is 16.4 Å². The molecule has 0 spiro atoms. The molecule has 6 nitrogen and oxygen atoms in total. The monoisotopic (exact) mass is 325 g/mol. The maximum Gasteiger partial charge on any atom is 0.263 e. The summed E-state index contributed by atoms with van der Waals surface area (Å²) in [6.07, 6.45) is 2.62. The van der Waals surface area contributed by atoms with Gasteiger partial charge in [-0.2, -0.15) is 4.68 Å². The maximum atomic E-state index is 12.4. The van der Waals surface area contributed by atoms with Crippen molar-refractivity contribution in [3.63, 3.8) is 0 Å². The van der Waals surface area contributed by atoms with E-state index in [1.807, 2.05) is 17.5 Å². The lowest BCUT2D eigenvalue weighted by Gasteiger charge is -2.05. The number of hydrogen-bond donors (Lipinski definition) is 1. The highest BCUT2D eigenvalue weighted by molar-refractivity contribution is 7.12. The normalized spacial score (nSPS) is 19.5. The van der Waals surface area contributed by atoms with Gasteiger partial charge < -0.3 is 5.32 Å². The number of nitrogens with zero attached hydrogens (tertiary/aromatic N) is 4. The Kier molecular flexibility index (Phi) is 3.63.